The first-order valence-corrected chi connectivity index (χ1v) is 6.99. The van der Waals surface area contributed by atoms with Crippen molar-refractivity contribution in [2.45, 2.75) is 25.9 Å². The second-order valence-corrected chi connectivity index (χ2v) is 5.38. The summed E-state index contributed by atoms with van der Waals surface area (Å²) in [6.07, 6.45) is 1.78. The fourth-order valence-electron chi connectivity index (χ4n) is 2.03. The molecule has 1 N–H and O–H groups in total. The molecular weight excluding hydrogens is 307 g/mol. The van der Waals surface area contributed by atoms with Gasteiger partial charge in [0.05, 0.1) is 5.69 Å². The van der Waals surface area contributed by atoms with E-state index in [0.29, 0.717) is 0 Å². The van der Waals surface area contributed by atoms with E-state index in [1.165, 1.54) is 12.1 Å². The van der Waals surface area contributed by atoms with Crippen molar-refractivity contribution in [2.75, 3.05) is 0 Å². The van der Waals surface area contributed by atoms with Crippen LogP contribution in [0.25, 0.3) is 0 Å². The molecular formula is C15H16BrFN2. The molecule has 4 heteroatoms. The van der Waals surface area contributed by atoms with E-state index < -0.39 is 0 Å². The molecule has 1 aromatic heterocycles. The van der Waals surface area contributed by atoms with Gasteiger partial charge >= 0.3 is 0 Å². The Morgan fingerprint density at radius 2 is 1.95 bits per heavy atom. The van der Waals surface area contributed by atoms with E-state index in [1.54, 1.807) is 12.3 Å². The monoisotopic (exact) mass is 322 g/mol. The third-order valence-electron chi connectivity index (χ3n) is 3.06. The molecule has 0 spiro atoms. The summed E-state index contributed by atoms with van der Waals surface area (Å²) in [4.78, 5) is 4.33. The van der Waals surface area contributed by atoms with Gasteiger partial charge in [0.1, 0.15) is 5.82 Å². The Labute approximate surface area is 121 Å². The second kappa shape index (κ2) is 6.26. The van der Waals surface area contributed by atoms with E-state index in [1.807, 2.05) is 18.2 Å². The molecule has 19 heavy (non-hydrogen) atoms. The summed E-state index contributed by atoms with van der Waals surface area (Å²) in [5.41, 5.74) is 2.02. The van der Waals surface area contributed by atoms with Gasteiger partial charge in [-0.3, -0.25) is 4.98 Å². The second-order valence-electron chi connectivity index (χ2n) is 4.53. The minimum absolute atomic E-state index is 0.104. The van der Waals surface area contributed by atoms with Crippen LogP contribution in [0, 0.1) is 5.82 Å². The van der Waals surface area contributed by atoms with Gasteiger partial charge in [0, 0.05) is 22.8 Å². The van der Waals surface area contributed by atoms with Gasteiger partial charge < -0.3 is 5.32 Å². The van der Waals surface area contributed by atoms with Crippen LogP contribution in [-0.4, -0.2) is 4.98 Å². The molecule has 2 atom stereocenters. The molecule has 0 saturated carbocycles. The summed E-state index contributed by atoms with van der Waals surface area (Å²) in [5.74, 6) is -0.236. The van der Waals surface area contributed by atoms with Gasteiger partial charge in [-0.15, -0.1) is 0 Å². The van der Waals surface area contributed by atoms with Gasteiger partial charge in [0.15, 0.2) is 0 Å². The molecule has 100 valence electrons. The number of nitrogens with one attached hydrogen (secondary N) is 1. The molecule has 0 aliphatic rings. The number of pyridine rings is 1. The molecule has 0 radical (unpaired) electrons. The summed E-state index contributed by atoms with van der Waals surface area (Å²) in [5, 5.41) is 3.46. The summed E-state index contributed by atoms with van der Waals surface area (Å²) in [7, 11) is 0. The van der Waals surface area contributed by atoms with Crippen molar-refractivity contribution >= 4 is 15.9 Å². The zero-order valence-corrected chi connectivity index (χ0v) is 12.5. The molecule has 0 fully saturated rings. The summed E-state index contributed by atoms with van der Waals surface area (Å²) < 4.78 is 13.9. The van der Waals surface area contributed by atoms with E-state index in [2.05, 4.69) is 40.1 Å². The Hall–Kier alpha value is -1.26. The Morgan fingerprint density at radius 3 is 2.58 bits per heavy atom. The Kier molecular flexibility index (Phi) is 4.66. The molecule has 1 heterocycles. The topological polar surface area (TPSA) is 24.9 Å². The van der Waals surface area contributed by atoms with E-state index in [0.717, 1.165) is 15.7 Å². The predicted molar refractivity (Wildman–Crippen MR) is 78.3 cm³/mol. The average molecular weight is 323 g/mol. The number of rotatable bonds is 4. The lowest BCUT2D eigenvalue weighted by Gasteiger charge is -2.21. The Balaban J connectivity index is 2.10. The van der Waals surface area contributed by atoms with E-state index in [9.17, 15) is 4.39 Å². The number of benzene rings is 1. The highest BCUT2D eigenvalue weighted by Crippen LogP contribution is 2.26. The fourth-order valence-corrected chi connectivity index (χ4v) is 2.73. The van der Waals surface area contributed by atoms with Crippen LogP contribution in [-0.2, 0) is 0 Å². The normalized spacial score (nSPS) is 14.1. The van der Waals surface area contributed by atoms with Crippen LogP contribution in [0.4, 0.5) is 4.39 Å². The van der Waals surface area contributed by atoms with Crippen molar-refractivity contribution < 1.29 is 4.39 Å². The lowest BCUT2D eigenvalue weighted by molar-refractivity contribution is 0.484. The standard InChI is InChI=1S/C15H16BrFN2/c1-10(13-7-6-12(17)9-14(13)16)19-11(2)15-5-3-4-8-18-15/h3-11,19H,1-2H3/t10?,11-/m1/s1. The molecule has 2 aromatic rings. The average Bonchev–Trinajstić information content (AvgIpc) is 2.39. The quantitative estimate of drug-likeness (QED) is 0.902. The number of halogens is 2. The SMILES string of the molecule is CC(N[C@H](C)c1ccccn1)c1ccc(F)cc1Br. The summed E-state index contributed by atoms with van der Waals surface area (Å²) in [6.45, 7) is 4.12. The zero-order valence-electron chi connectivity index (χ0n) is 10.9. The molecule has 0 amide bonds. The number of nitrogens with zero attached hydrogens (tertiary/aromatic N) is 1. The van der Waals surface area contributed by atoms with Crippen LogP contribution in [0.15, 0.2) is 47.1 Å². The van der Waals surface area contributed by atoms with Crippen LogP contribution in [0.1, 0.15) is 37.2 Å². The molecule has 0 aliphatic carbocycles. The first-order chi connectivity index (χ1) is 9.08. The molecule has 2 nitrogen and oxygen atoms in total. The molecule has 1 aromatic carbocycles. The molecule has 0 aliphatic heterocycles. The number of hydrogen-bond donors (Lipinski definition) is 1. The van der Waals surface area contributed by atoms with Gasteiger partial charge in [-0.05, 0) is 43.7 Å². The highest BCUT2D eigenvalue weighted by Gasteiger charge is 2.14. The fraction of sp³-hybridized carbons (Fsp3) is 0.267. The first kappa shape index (κ1) is 14.2. The molecule has 0 saturated heterocycles. The third kappa shape index (κ3) is 3.61. The van der Waals surface area contributed by atoms with E-state index >= 15 is 0 Å². The minimum Gasteiger partial charge on any atom is -0.302 e. The van der Waals surface area contributed by atoms with E-state index in [4.69, 9.17) is 0 Å². The number of hydrogen-bond acceptors (Lipinski definition) is 2. The minimum atomic E-state index is -0.236. The van der Waals surface area contributed by atoms with Gasteiger partial charge in [0.2, 0.25) is 0 Å². The van der Waals surface area contributed by atoms with E-state index in [-0.39, 0.29) is 17.9 Å². The van der Waals surface area contributed by atoms with Crippen LogP contribution < -0.4 is 5.32 Å². The largest absolute Gasteiger partial charge is 0.302 e. The maximum Gasteiger partial charge on any atom is 0.124 e. The first-order valence-electron chi connectivity index (χ1n) is 6.20. The predicted octanol–water partition coefficient (Wildman–Crippen LogP) is 4.40. The summed E-state index contributed by atoms with van der Waals surface area (Å²) >= 11 is 3.40. The van der Waals surface area contributed by atoms with Gasteiger partial charge in [-0.2, -0.15) is 0 Å². The molecule has 0 bridgehead atoms. The smallest absolute Gasteiger partial charge is 0.124 e. The van der Waals surface area contributed by atoms with Crippen LogP contribution >= 0.6 is 15.9 Å². The number of aromatic nitrogens is 1. The van der Waals surface area contributed by atoms with Crippen molar-refractivity contribution in [3.8, 4) is 0 Å². The van der Waals surface area contributed by atoms with Crippen molar-refractivity contribution in [1.29, 1.82) is 0 Å². The third-order valence-corrected chi connectivity index (χ3v) is 3.75. The summed E-state index contributed by atoms with van der Waals surface area (Å²) in [6, 6.07) is 10.9. The zero-order chi connectivity index (χ0) is 13.8. The Bertz CT molecular complexity index is 545. The highest BCUT2D eigenvalue weighted by molar-refractivity contribution is 9.10. The van der Waals surface area contributed by atoms with Crippen LogP contribution in [0.2, 0.25) is 0 Å². The maximum absolute atomic E-state index is 13.1. The Morgan fingerprint density at radius 1 is 1.16 bits per heavy atom. The highest BCUT2D eigenvalue weighted by atomic mass is 79.9. The van der Waals surface area contributed by atoms with Crippen LogP contribution in [0.5, 0.6) is 0 Å². The molecule has 1 unspecified atom stereocenters. The molecule has 2 rings (SSSR count). The van der Waals surface area contributed by atoms with Gasteiger partial charge in [-0.25, -0.2) is 4.39 Å². The van der Waals surface area contributed by atoms with Gasteiger partial charge in [-0.1, -0.05) is 28.1 Å². The van der Waals surface area contributed by atoms with Crippen molar-refractivity contribution in [1.82, 2.24) is 10.3 Å². The lowest BCUT2D eigenvalue weighted by atomic mass is 10.1. The maximum atomic E-state index is 13.1. The van der Waals surface area contributed by atoms with Crippen molar-refractivity contribution in [3.05, 3.63) is 64.1 Å². The van der Waals surface area contributed by atoms with Crippen molar-refractivity contribution in [3.63, 3.8) is 0 Å². The lowest BCUT2D eigenvalue weighted by Crippen LogP contribution is -2.23. The van der Waals surface area contributed by atoms with Crippen molar-refractivity contribution in [2.24, 2.45) is 0 Å². The van der Waals surface area contributed by atoms with Crippen LogP contribution in [0.3, 0.4) is 0 Å². The van der Waals surface area contributed by atoms with Gasteiger partial charge in [0.25, 0.3) is 0 Å².